The number of nitrogens with two attached hydrogens (primary N) is 1. The smallest absolute Gasteiger partial charge is 0.0486 e. The van der Waals surface area contributed by atoms with Gasteiger partial charge in [-0.3, -0.25) is 0 Å². The molecule has 2 rings (SSSR count). The van der Waals surface area contributed by atoms with Crippen molar-refractivity contribution < 1.29 is 0 Å². The van der Waals surface area contributed by atoms with Crippen molar-refractivity contribution in [3.05, 3.63) is 34.4 Å². The van der Waals surface area contributed by atoms with E-state index in [4.69, 9.17) is 5.73 Å². The first kappa shape index (κ1) is 12.7. The maximum Gasteiger partial charge on any atom is 0.0486 e. The van der Waals surface area contributed by atoms with Crippen molar-refractivity contribution in [1.82, 2.24) is 4.57 Å². The predicted octanol–water partition coefficient (Wildman–Crippen LogP) is 3.87. The highest BCUT2D eigenvalue weighted by Gasteiger charge is 2.11. The molecule has 1 aromatic carbocycles. The Bertz CT molecular complexity index is 526. The van der Waals surface area contributed by atoms with E-state index in [0.29, 0.717) is 6.04 Å². The number of hydrogen-bond donors (Lipinski definition) is 1. The second-order valence-electron chi connectivity index (χ2n) is 5.00. The van der Waals surface area contributed by atoms with Crippen LogP contribution in [-0.4, -0.2) is 10.6 Å². The molecule has 1 unspecified atom stereocenters. The van der Waals surface area contributed by atoms with E-state index in [1.54, 1.807) is 0 Å². The SMILES string of the molecule is CC(N)Cc1cn(C(C)C)c2ccc(Br)cc12. The molecule has 0 aliphatic heterocycles. The molecular weight excluding hydrogens is 276 g/mol. The third kappa shape index (κ3) is 2.55. The average molecular weight is 295 g/mol. The summed E-state index contributed by atoms with van der Waals surface area (Å²) in [5.41, 5.74) is 8.55. The molecule has 0 saturated heterocycles. The Morgan fingerprint density at radius 2 is 2.00 bits per heavy atom. The van der Waals surface area contributed by atoms with Crippen molar-refractivity contribution in [2.45, 2.75) is 39.3 Å². The Balaban J connectivity index is 2.62. The van der Waals surface area contributed by atoms with E-state index in [1.165, 1.54) is 16.5 Å². The number of aromatic nitrogens is 1. The predicted molar refractivity (Wildman–Crippen MR) is 77.4 cm³/mol. The number of hydrogen-bond acceptors (Lipinski definition) is 1. The monoisotopic (exact) mass is 294 g/mol. The molecule has 17 heavy (non-hydrogen) atoms. The highest BCUT2D eigenvalue weighted by atomic mass is 79.9. The molecule has 0 amide bonds. The van der Waals surface area contributed by atoms with Gasteiger partial charge in [0.1, 0.15) is 0 Å². The van der Waals surface area contributed by atoms with Crippen LogP contribution in [0.1, 0.15) is 32.4 Å². The van der Waals surface area contributed by atoms with Crippen LogP contribution in [0.4, 0.5) is 0 Å². The van der Waals surface area contributed by atoms with Crippen LogP contribution < -0.4 is 5.73 Å². The van der Waals surface area contributed by atoms with Gasteiger partial charge in [-0.05, 0) is 51.0 Å². The normalized spacial score (nSPS) is 13.5. The number of halogens is 1. The van der Waals surface area contributed by atoms with Crippen molar-refractivity contribution in [3.8, 4) is 0 Å². The largest absolute Gasteiger partial charge is 0.345 e. The zero-order valence-corrected chi connectivity index (χ0v) is 12.2. The molecule has 0 aliphatic carbocycles. The van der Waals surface area contributed by atoms with Crippen LogP contribution in [0.15, 0.2) is 28.9 Å². The number of rotatable bonds is 3. The highest BCUT2D eigenvalue weighted by Crippen LogP contribution is 2.28. The first-order chi connectivity index (χ1) is 7.99. The fourth-order valence-electron chi connectivity index (χ4n) is 2.23. The van der Waals surface area contributed by atoms with Gasteiger partial charge in [-0.15, -0.1) is 0 Å². The molecule has 2 aromatic rings. The summed E-state index contributed by atoms with van der Waals surface area (Å²) >= 11 is 3.54. The molecule has 2 N–H and O–H groups in total. The minimum absolute atomic E-state index is 0.195. The van der Waals surface area contributed by atoms with Gasteiger partial charge in [0.15, 0.2) is 0 Å². The molecule has 0 saturated carbocycles. The minimum Gasteiger partial charge on any atom is -0.345 e. The van der Waals surface area contributed by atoms with E-state index in [2.05, 4.69) is 65.7 Å². The van der Waals surface area contributed by atoms with E-state index < -0.39 is 0 Å². The maximum absolute atomic E-state index is 5.92. The highest BCUT2D eigenvalue weighted by molar-refractivity contribution is 9.10. The standard InChI is InChI=1S/C14H19BrN2/c1-9(2)17-8-11(6-10(3)16)13-7-12(15)4-5-14(13)17/h4-5,7-10H,6,16H2,1-3H3. The Hall–Kier alpha value is -0.800. The molecule has 0 aliphatic rings. The van der Waals surface area contributed by atoms with Gasteiger partial charge in [-0.1, -0.05) is 15.9 Å². The number of nitrogens with zero attached hydrogens (tertiary/aromatic N) is 1. The zero-order valence-electron chi connectivity index (χ0n) is 10.6. The first-order valence-electron chi connectivity index (χ1n) is 6.03. The van der Waals surface area contributed by atoms with Crippen molar-refractivity contribution in [1.29, 1.82) is 0 Å². The molecule has 92 valence electrons. The quantitative estimate of drug-likeness (QED) is 0.915. The summed E-state index contributed by atoms with van der Waals surface area (Å²) in [5, 5.41) is 1.31. The van der Waals surface area contributed by atoms with Crippen LogP contribution in [0.2, 0.25) is 0 Å². The first-order valence-corrected chi connectivity index (χ1v) is 6.83. The summed E-state index contributed by atoms with van der Waals surface area (Å²) in [6.07, 6.45) is 3.16. The van der Waals surface area contributed by atoms with E-state index in [9.17, 15) is 0 Å². The molecule has 2 nitrogen and oxygen atoms in total. The van der Waals surface area contributed by atoms with Crippen molar-refractivity contribution in [2.75, 3.05) is 0 Å². The lowest BCUT2D eigenvalue weighted by Gasteiger charge is -2.08. The third-order valence-corrected chi connectivity index (χ3v) is 3.47. The molecule has 1 atom stereocenters. The summed E-state index contributed by atoms with van der Waals surface area (Å²) in [4.78, 5) is 0. The minimum atomic E-state index is 0.195. The fraction of sp³-hybridized carbons (Fsp3) is 0.429. The molecule has 1 heterocycles. The van der Waals surface area contributed by atoms with Gasteiger partial charge in [-0.2, -0.15) is 0 Å². The van der Waals surface area contributed by atoms with Crippen molar-refractivity contribution >= 4 is 26.8 Å². The second kappa shape index (κ2) is 4.83. The van der Waals surface area contributed by atoms with Gasteiger partial charge in [0.2, 0.25) is 0 Å². The molecule has 0 radical (unpaired) electrons. The van der Waals surface area contributed by atoms with Gasteiger partial charge in [0, 0.05) is 33.7 Å². The van der Waals surface area contributed by atoms with E-state index in [-0.39, 0.29) is 6.04 Å². The molecule has 0 fully saturated rings. The lowest BCUT2D eigenvalue weighted by atomic mass is 10.1. The van der Waals surface area contributed by atoms with Gasteiger partial charge < -0.3 is 10.3 Å². The number of benzene rings is 1. The van der Waals surface area contributed by atoms with E-state index in [1.807, 2.05) is 0 Å². The topological polar surface area (TPSA) is 30.9 Å². The molecular formula is C14H19BrN2. The van der Waals surface area contributed by atoms with Gasteiger partial charge >= 0.3 is 0 Å². The summed E-state index contributed by atoms with van der Waals surface area (Å²) in [5.74, 6) is 0. The summed E-state index contributed by atoms with van der Waals surface area (Å²) < 4.78 is 3.44. The van der Waals surface area contributed by atoms with E-state index in [0.717, 1.165) is 10.9 Å². The fourth-order valence-corrected chi connectivity index (χ4v) is 2.60. The van der Waals surface area contributed by atoms with E-state index >= 15 is 0 Å². The Kier molecular flexibility index (Phi) is 3.59. The van der Waals surface area contributed by atoms with Crippen molar-refractivity contribution in [3.63, 3.8) is 0 Å². The van der Waals surface area contributed by atoms with Crippen LogP contribution in [-0.2, 0) is 6.42 Å². The number of fused-ring (bicyclic) bond motifs is 1. The second-order valence-corrected chi connectivity index (χ2v) is 5.91. The maximum atomic E-state index is 5.92. The Morgan fingerprint density at radius 3 is 2.59 bits per heavy atom. The molecule has 3 heteroatoms. The lowest BCUT2D eigenvalue weighted by Crippen LogP contribution is -2.17. The molecule has 1 aromatic heterocycles. The third-order valence-electron chi connectivity index (χ3n) is 2.98. The Morgan fingerprint density at radius 1 is 1.29 bits per heavy atom. The summed E-state index contributed by atoms with van der Waals surface area (Å²) in [7, 11) is 0. The van der Waals surface area contributed by atoms with Gasteiger partial charge in [-0.25, -0.2) is 0 Å². The average Bonchev–Trinajstić information content (AvgIpc) is 2.56. The van der Waals surface area contributed by atoms with Gasteiger partial charge in [0.05, 0.1) is 0 Å². The van der Waals surface area contributed by atoms with Crippen molar-refractivity contribution in [2.24, 2.45) is 5.73 Å². The van der Waals surface area contributed by atoms with Gasteiger partial charge in [0.25, 0.3) is 0 Å². The molecule has 0 bridgehead atoms. The Labute approximate surface area is 111 Å². The van der Waals surface area contributed by atoms with Crippen LogP contribution >= 0.6 is 15.9 Å². The summed E-state index contributed by atoms with van der Waals surface area (Å²) in [6, 6.07) is 7.12. The van der Waals surface area contributed by atoms with Crippen LogP contribution in [0, 0.1) is 0 Å². The lowest BCUT2D eigenvalue weighted by molar-refractivity contribution is 0.618. The van der Waals surface area contributed by atoms with Crippen LogP contribution in [0.5, 0.6) is 0 Å². The summed E-state index contributed by atoms with van der Waals surface area (Å²) in [6.45, 7) is 6.46. The zero-order chi connectivity index (χ0) is 12.6. The molecule has 0 spiro atoms. The van der Waals surface area contributed by atoms with Crippen LogP contribution in [0.3, 0.4) is 0 Å². The van der Waals surface area contributed by atoms with Crippen LogP contribution in [0.25, 0.3) is 10.9 Å².